The zero-order valence-corrected chi connectivity index (χ0v) is 9.04. The molecule has 90 valence electrons. The number of carboxylic acid groups (broad SMARTS) is 1. The highest BCUT2D eigenvalue weighted by Crippen LogP contribution is 2.32. The zero-order valence-electron chi connectivity index (χ0n) is 9.04. The van der Waals surface area contributed by atoms with Crippen LogP contribution in [0, 0.1) is 11.8 Å². The molecular formula is C10H12N4O3. The van der Waals surface area contributed by atoms with Gasteiger partial charge in [0, 0.05) is 0 Å². The first-order chi connectivity index (χ1) is 8.18. The van der Waals surface area contributed by atoms with E-state index >= 15 is 0 Å². The van der Waals surface area contributed by atoms with Gasteiger partial charge in [-0.1, -0.05) is 6.42 Å². The molecule has 1 heterocycles. The molecule has 0 aromatic carbocycles. The van der Waals surface area contributed by atoms with Gasteiger partial charge in [-0.3, -0.25) is 14.9 Å². The highest BCUT2D eigenvalue weighted by molar-refractivity contribution is 5.94. The molecule has 1 aromatic rings. The average Bonchev–Trinajstić information content (AvgIpc) is 2.79. The second kappa shape index (κ2) is 4.86. The van der Waals surface area contributed by atoms with Crippen molar-refractivity contribution < 1.29 is 14.7 Å². The van der Waals surface area contributed by atoms with Crippen LogP contribution in [0.5, 0.6) is 0 Å². The molecule has 1 aromatic heterocycles. The van der Waals surface area contributed by atoms with Crippen LogP contribution in [0.3, 0.4) is 0 Å². The Kier molecular flexibility index (Phi) is 3.27. The third-order valence-electron chi connectivity index (χ3n) is 2.89. The summed E-state index contributed by atoms with van der Waals surface area (Å²) in [6.07, 6.45) is 4.69. The molecule has 0 radical (unpaired) electrons. The van der Waals surface area contributed by atoms with E-state index in [1.54, 1.807) is 0 Å². The molecule has 1 aliphatic carbocycles. The predicted octanol–water partition coefficient (Wildman–Crippen LogP) is 0.311. The molecule has 1 saturated carbocycles. The summed E-state index contributed by atoms with van der Waals surface area (Å²) < 4.78 is 0. The minimum Gasteiger partial charge on any atom is -0.481 e. The number of carbonyl (C=O) groups is 2. The predicted molar refractivity (Wildman–Crippen MR) is 56.9 cm³/mol. The number of aliphatic carboxylic acids is 1. The van der Waals surface area contributed by atoms with Gasteiger partial charge in [0.2, 0.25) is 11.9 Å². The van der Waals surface area contributed by atoms with Crippen molar-refractivity contribution in [3.63, 3.8) is 0 Å². The number of anilines is 1. The van der Waals surface area contributed by atoms with Gasteiger partial charge in [-0.15, -0.1) is 5.10 Å². The SMILES string of the molecule is O=C(O)C1CCCC1C(=O)Nc1nccnn1. The number of carbonyl (C=O) groups excluding carboxylic acids is 1. The van der Waals surface area contributed by atoms with Gasteiger partial charge >= 0.3 is 5.97 Å². The first-order valence-electron chi connectivity index (χ1n) is 5.36. The maximum Gasteiger partial charge on any atom is 0.307 e. The number of aromatic nitrogens is 3. The Morgan fingerprint density at radius 2 is 2.06 bits per heavy atom. The molecule has 17 heavy (non-hydrogen) atoms. The van der Waals surface area contributed by atoms with Crippen molar-refractivity contribution in [3.05, 3.63) is 12.4 Å². The average molecular weight is 236 g/mol. The van der Waals surface area contributed by atoms with E-state index in [0.29, 0.717) is 12.8 Å². The van der Waals surface area contributed by atoms with Crippen molar-refractivity contribution in [1.29, 1.82) is 0 Å². The molecule has 2 N–H and O–H groups in total. The maximum absolute atomic E-state index is 11.8. The van der Waals surface area contributed by atoms with Crippen molar-refractivity contribution in [2.24, 2.45) is 11.8 Å². The van der Waals surface area contributed by atoms with Crippen LogP contribution in [0.15, 0.2) is 12.4 Å². The number of nitrogens with zero attached hydrogens (tertiary/aromatic N) is 3. The van der Waals surface area contributed by atoms with Crippen LogP contribution in [-0.4, -0.2) is 32.2 Å². The quantitative estimate of drug-likeness (QED) is 0.782. The second-order valence-electron chi connectivity index (χ2n) is 3.94. The molecule has 2 atom stereocenters. The fourth-order valence-corrected chi connectivity index (χ4v) is 2.08. The van der Waals surface area contributed by atoms with Crippen LogP contribution >= 0.6 is 0 Å². The fraction of sp³-hybridized carbons (Fsp3) is 0.500. The highest BCUT2D eigenvalue weighted by atomic mass is 16.4. The van der Waals surface area contributed by atoms with Gasteiger partial charge in [-0.25, -0.2) is 4.98 Å². The molecule has 7 nitrogen and oxygen atoms in total. The van der Waals surface area contributed by atoms with Crippen molar-refractivity contribution in [3.8, 4) is 0 Å². The van der Waals surface area contributed by atoms with Gasteiger partial charge in [-0.2, -0.15) is 5.10 Å². The van der Waals surface area contributed by atoms with E-state index in [1.807, 2.05) is 0 Å². The van der Waals surface area contributed by atoms with E-state index in [0.717, 1.165) is 6.42 Å². The molecule has 0 bridgehead atoms. The first-order valence-corrected chi connectivity index (χ1v) is 5.36. The first kappa shape index (κ1) is 11.4. The van der Waals surface area contributed by atoms with E-state index in [4.69, 9.17) is 5.11 Å². The maximum atomic E-state index is 11.8. The summed E-state index contributed by atoms with van der Waals surface area (Å²) in [5.74, 6) is -2.27. The van der Waals surface area contributed by atoms with Crippen LogP contribution in [-0.2, 0) is 9.59 Å². The standard InChI is InChI=1S/C10H12N4O3/c15-8(13-10-11-4-5-12-14-10)6-2-1-3-7(6)9(16)17/h4-7H,1-3H2,(H,16,17)(H,11,13,14,15). The van der Waals surface area contributed by atoms with E-state index in [-0.39, 0.29) is 11.9 Å². The lowest BCUT2D eigenvalue weighted by Crippen LogP contribution is -2.30. The normalized spacial score (nSPS) is 23.3. The smallest absolute Gasteiger partial charge is 0.307 e. The number of hydrogen-bond acceptors (Lipinski definition) is 5. The summed E-state index contributed by atoms with van der Waals surface area (Å²) in [6.45, 7) is 0. The largest absolute Gasteiger partial charge is 0.481 e. The van der Waals surface area contributed by atoms with Gasteiger partial charge in [0.1, 0.15) is 0 Å². The number of amides is 1. The van der Waals surface area contributed by atoms with Crippen LogP contribution in [0.25, 0.3) is 0 Å². The molecule has 2 rings (SSSR count). The summed E-state index contributed by atoms with van der Waals surface area (Å²) in [6, 6.07) is 0. The summed E-state index contributed by atoms with van der Waals surface area (Å²) in [4.78, 5) is 26.6. The summed E-state index contributed by atoms with van der Waals surface area (Å²) in [5.41, 5.74) is 0. The fourth-order valence-electron chi connectivity index (χ4n) is 2.08. The Hall–Kier alpha value is -2.05. The molecule has 2 unspecified atom stereocenters. The van der Waals surface area contributed by atoms with Crippen LogP contribution in [0.1, 0.15) is 19.3 Å². The number of rotatable bonds is 3. The summed E-state index contributed by atoms with van der Waals surface area (Å²) >= 11 is 0. The topological polar surface area (TPSA) is 105 Å². The lowest BCUT2D eigenvalue weighted by molar-refractivity contribution is -0.145. The lowest BCUT2D eigenvalue weighted by atomic mass is 9.95. The lowest BCUT2D eigenvalue weighted by Gasteiger charge is -2.14. The monoisotopic (exact) mass is 236 g/mol. The molecule has 1 fully saturated rings. The second-order valence-corrected chi connectivity index (χ2v) is 3.94. The Morgan fingerprint density at radius 3 is 2.71 bits per heavy atom. The van der Waals surface area contributed by atoms with Crippen molar-refractivity contribution in [2.75, 3.05) is 5.32 Å². The van der Waals surface area contributed by atoms with Crippen molar-refractivity contribution >= 4 is 17.8 Å². The summed E-state index contributed by atoms with van der Waals surface area (Å²) in [5, 5.41) is 18.7. The van der Waals surface area contributed by atoms with E-state index in [2.05, 4.69) is 20.5 Å². The van der Waals surface area contributed by atoms with Gasteiger partial charge in [-0.05, 0) is 12.8 Å². The van der Waals surface area contributed by atoms with Gasteiger partial charge in [0.25, 0.3) is 0 Å². The Bertz CT molecular complexity index is 423. The number of hydrogen-bond donors (Lipinski definition) is 2. The van der Waals surface area contributed by atoms with Crippen molar-refractivity contribution in [2.45, 2.75) is 19.3 Å². The Balaban J connectivity index is 2.03. The van der Waals surface area contributed by atoms with Crippen LogP contribution < -0.4 is 5.32 Å². The van der Waals surface area contributed by atoms with Gasteiger partial charge < -0.3 is 5.11 Å². The van der Waals surface area contributed by atoms with Gasteiger partial charge in [0.15, 0.2) is 0 Å². The van der Waals surface area contributed by atoms with E-state index in [9.17, 15) is 9.59 Å². The van der Waals surface area contributed by atoms with Gasteiger partial charge in [0.05, 0.1) is 24.2 Å². The Labute approximate surface area is 97.3 Å². The minimum atomic E-state index is -0.922. The van der Waals surface area contributed by atoms with Crippen LogP contribution in [0.2, 0.25) is 0 Å². The number of nitrogens with one attached hydrogen (secondary N) is 1. The number of carboxylic acids is 1. The summed E-state index contributed by atoms with van der Waals surface area (Å²) in [7, 11) is 0. The third-order valence-corrected chi connectivity index (χ3v) is 2.89. The molecule has 0 aliphatic heterocycles. The molecule has 7 heteroatoms. The minimum absolute atomic E-state index is 0.105. The highest BCUT2D eigenvalue weighted by Gasteiger charge is 2.37. The molecule has 1 amide bonds. The van der Waals surface area contributed by atoms with E-state index in [1.165, 1.54) is 12.4 Å². The Morgan fingerprint density at radius 1 is 1.29 bits per heavy atom. The van der Waals surface area contributed by atoms with E-state index < -0.39 is 17.8 Å². The molecule has 0 saturated heterocycles. The van der Waals surface area contributed by atoms with Crippen molar-refractivity contribution in [1.82, 2.24) is 15.2 Å². The van der Waals surface area contributed by atoms with Crippen LogP contribution in [0.4, 0.5) is 5.95 Å². The molecule has 0 spiro atoms. The molecular weight excluding hydrogens is 224 g/mol. The molecule has 1 aliphatic rings. The third kappa shape index (κ3) is 2.55. The zero-order chi connectivity index (χ0) is 12.3.